The minimum atomic E-state index is -0.260. The summed E-state index contributed by atoms with van der Waals surface area (Å²) in [6.07, 6.45) is 1.74. The standard InChI is InChI=1S/C16H15FO2/c1-4-11-9-15(18-2)16(19-3)10-14(11)12-5-7-13(17)8-6-12/h4-10H,1H2,2-3H3. The van der Waals surface area contributed by atoms with Gasteiger partial charge in [-0.15, -0.1) is 0 Å². The van der Waals surface area contributed by atoms with Gasteiger partial charge in [0.05, 0.1) is 14.2 Å². The van der Waals surface area contributed by atoms with Crippen LogP contribution in [-0.2, 0) is 0 Å². The van der Waals surface area contributed by atoms with Crippen molar-refractivity contribution in [3.05, 3.63) is 54.4 Å². The van der Waals surface area contributed by atoms with E-state index in [-0.39, 0.29) is 5.82 Å². The summed E-state index contributed by atoms with van der Waals surface area (Å²) in [5.74, 6) is 1.01. The molecular formula is C16H15FO2. The third-order valence-corrected chi connectivity index (χ3v) is 2.93. The zero-order valence-electron chi connectivity index (χ0n) is 10.9. The number of methoxy groups -OCH3 is 2. The van der Waals surface area contributed by atoms with Crippen LogP contribution in [0.5, 0.6) is 11.5 Å². The minimum absolute atomic E-state index is 0.260. The summed E-state index contributed by atoms with van der Waals surface area (Å²) in [6, 6.07) is 10.0. The Morgan fingerprint density at radius 1 is 1.00 bits per heavy atom. The number of ether oxygens (including phenoxy) is 2. The lowest BCUT2D eigenvalue weighted by molar-refractivity contribution is 0.355. The van der Waals surface area contributed by atoms with Gasteiger partial charge in [-0.3, -0.25) is 0 Å². The van der Waals surface area contributed by atoms with Crippen LogP contribution in [0.3, 0.4) is 0 Å². The van der Waals surface area contributed by atoms with Crippen molar-refractivity contribution in [3.63, 3.8) is 0 Å². The first-order chi connectivity index (χ1) is 9.19. The fraction of sp³-hybridized carbons (Fsp3) is 0.125. The summed E-state index contributed by atoms with van der Waals surface area (Å²) in [5, 5.41) is 0. The summed E-state index contributed by atoms with van der Waals surface area (Å²) in [7, 11) is 3.17. The molecule has 0 aliphatic rings. The van der Waals surface area contributed by atoms with Crippen molar-refractivity contribution in [3.8, 4) is 22.6 Å². The lowest BCUT2D eigenvalue weighted by Gasteiger charge is -2.13. The molecule has 0 saturated carbocycles. The van der Waals surface area contributed by atoms with E-state index < -0.39 is 0 Å². The molecule has 2 aromatic rings. The molecule has 0 aliphatic carbocycles. The highest BCUT2D eigenvalue weighted by atomic mass is 19.1. The van der Waals surface area contributed by atoms with Crippen molar-refractivity contribution in [2.45, 2.75) is 0 Å². The molecule has 0 heterocycles. The average molecular weight is 258 g/mol. The van der Waals surface area contributed by atoms with Crippen LogP contribution in [0.1, 0.15) is 5.56 Å². The Kier molecular flexibility index (Phi) is 3.85. The highest BCUT2D eigenvalue weighted by Crippen LogP contribution is 2.36. The molecule has 0 fully saturated rings. The van der Waals surface area contributed by atoms with E-state index in [2.05, 4.69) is 6.58 Å². The van der Waals surface area contributed by atoms with Gasteiger partial charge in [0.1, 0.15) is 5.82 Å². The normalized spacial score (nSPS) is 10.1. The van der Waals surface area contributed by atoms with Crippen LogP contribution in [-0.4, -0.2) is 14.2 Å². The fourth-order valence-electron chi connectivity index (χ4n) is 1.94. The molecule has 19 heavy (non-hydrogen) atoms. The number of rotatable bonds is 4. The van der Waals surface area contributed by atoms with Crippen molar-refractivity contribution in [1.29, 1.82) is 0 Å². The van der Waals surface area contributed by atoms with Gasteiger partial charge >= 0.3 is 0 Å². The Labute approximate surface area is 112 Å². The Hall–Kier alpha value is -2.29. The van der Waals surface area contributed by atoms with Gasteiger partial charge in [-0.25, -0.2) is 4.39 Å². The van der Waals surface area contributed by atoms with E-state index in [0.29, 0.717) is 11.5 Å². The first-order valence-electron chi connectivity index (χ1n) is 5.84. The van der Waals surface area contributed by atoms with Crippen molar-refractivity contribution >= 4 is 6.08 Å². The second-order valence-electron chi connectivity index (χ2n) is 4.01. The summed E-state index contributed by atoms with van der Waals surface area (Å²) >= 11 is 0. The number of hydrogen-bond acceptors (Lipinski definition) is 2. The van der Waals surface area contributed by atoms with Crippen LogP contribution in [0, 0.1) is 5.82 Å². The number of benzene rings is 2. The lowest BCUT2D eigenvalue weighted by atomic mass is 9.99. The second-order valence-corrected chi connectivity index (χ2v) is 4.01. The van der Waals surface area contributed by atoms with Crippen LogP contribution in [0.2, 0.25) is 0 Å². The molecule has 0 saturated heterocycles. The van der Waals surface area contributed by atoms with Gasteiger partial charge in [-0.05, 0) is 41.0 Å². The SMILES string of the molecule is C=Cc1cc(OC)c(OC)cc1-c1ccc(F)cc1. The van der Waals surface area contributed by atoms with E-state index >= 15 is 0 Å². The van der Waals surface area contributed by atoms with E-state index in [4.69, 9.17) is 9.47 Å². The van der Waals surface area contributed by atoms with Gasteiger partial charge in [0, 0.05) is 0 Å². The summed E-state index contributed by atoms with van der Waals surface area (Å²) in [6.45, 7) is 3.80. The quantitative estimate of drug-likeness (QED) is 0.820. The number of halogens is 1. The van der Waals surface area contributed by atoms with Gasteiger partial charge in [0.2, 0.25) is 0 Å². The molecule has 2 aromatic carbocycles. The van der Waals surface area contributed by atoms with Crippen LogP contribution >= 0.6 is 0 Å². The highest BCUT2D eigenvalue weighted by Gasteiger charge is 2.11. The molecule has 0 atom stereocenters. The Morgan fingerprint density at radius 2 is 1.58 bits per heavy atom. The smallest absolute Gasteiger partial charge is 0.161 e. The molecular weight excluding hydrogens is 243 g/mol. The Balaban J connectivity index is 2.61. The van der Waals surface area contributed by atoms with E-state index in [1.165, 1.54) is 12.1 Å². The molecule has 0 aliphatic heterocycles. The summed E-state index contributed by atoms with van der Waals surface area (Å²) in [5.41, 5.74) is 2.73. The molecule has 0 radical (unpaired) electrons. The zero-order valence-corrected chi connectivity index (χ0v) is 10.9. The Morgan fingerprint density at radius 3 is 2.11 bits per heavy atom. The van der Waals surface area contributed by atoms with Gasteiger partial charge < -0.3 is 9.47 Å². The van der Waals surface area contributed by atoms with Crippen LogP contribution in [0.25, 0.3) is 17.2 Å². The molecule has 0 aromatic heterocycles. The van der Waals surface area contributed by atoms with Crippen molar-refractivity contribution in [2.24, 2.45) is 0 Å². The number of hydrogen-bond donors (Lipinski definition) is 0. The van der Waals surface area contributed by atoms with E-state index in [1.807, 2.05) is 12.1 Å². The maximum absolute atomic E-state index is 13.0. The van der Waals surface area contributed by atoms with Gasteiger partial charge in [-0.2, -0.15) is 0 Å². The molecule has 0 bridgehead atoms. The van der Waals surface area contributed by atoms with Gasteiger partial charge in [0.15, 0.2) is 11.5 Å². The molecule has 2 rings (SSSR count). The largest absolute Gasteiger partial charge is 0.493 e. The first kappa shape index (κ1) is 13.1. The van der Waals surface area contributed by atoms with Gasteiger partial charge in [-0.1, -0.05) is 24.8 Å². The predicted octanol–water partition coefficient (Wildman–Crippen LogP) is 4.15. The third kappa shape index (κ3) is 2.60. The van der Waals surface area contributed by atoms with E-state index in [9.17, 15) is 4.39 Å². The average Bonchev–Trinajstić information content (AvgIpc) is 2.46. The van der Waals surface area contributed by atoms with Crippen molar-refractivity contribution < 1.29 is 13.9 Å². The molecule has 3 heteroatoms. The predicted molar refractivity (Wildman–Crippen MR) is 75.0 cm³/mol. The van der Waals surface area contributed by atoms with Crippen molar-refractivity contribution in [2.75, 3.05) is 14.2 Å². The fourth-order valence-corrected chi connectivity index (χ4v) is 1.94. The van der Waals surface area contributed by atoms with Crippen LogP contribution in [0.15, 0.2) is 43.0 Å². The third-order valence-electron chi connectivity index (χ3n) is 2.93. The van der Waals surface area contributed by atoms with Crippen LogP contribution < -0.4 is 9.47 Å². The van der Waals surface area contributed by atoms with E-state index in [1.54, 1.807) is 32.4 Å². The second kappa shape index (κ2) is 5.57. The molecule has 0 spiro atoms. The van der Waals surface area contributed by atoms with Gasteiger partial charge in [0.25, 0.3) is 0 Å². The summed E-state index contributed by atoms with van der Waals surface area (Å²) in [4.78, 5) is 0. The first-order valence-corrected chi connectivity index (χ1v) is 5.84. The highest BCUT2D eigenvalue weighted by molar-refractivity contribution is 5.78. The lowest BCUT2D eigenvalue weighted by Crippen LogP contribution is -1.93. The van der Waals surface area contributed by atoms with Crippen molar-refractivity contribution in [1.82, 2.24) is 0 Å². The molecule has 0 amide bonds. The van der Waals surface area contributed by atoms with Crippen LogP contribution in [0.4, 0.5) is 4.39 Å². The molecule has 98 valence electrons. The topological polar surface area (TPSA) is 18.5 Å². The maximum Gasteiger partial charge on any atom is 0.161 e. The Bertz CT molecular complexity index is 588. The monoisotopic (exact) mass is 258 g/mol. The molecule has 0 N–H and O–H groups in total. The maximum atomic E-state index is 13.0. The zero-order chi connectivity index (χ0) is 13.8. The van der Waals surface area contributed by atoms with E-state index in [0.717, 1.165) is 16.7 Å². The molecule has 0 unspecified atom stereocenters. The molecule has 2 nitrogen and oxygen atoms in total. The minimum Gasteiger partial charge on any atom is -0.493 e. The summed E-state index contributed by atoms with van der Waals surface area (Å²) < 4.78 is 23.5.